The van der Waals surface area contributed by atoms with E-state index in [1.807, 2.05) is 19.3 Å². The lowest BCUT2D eigenvalue weighted by Gasteiger charge is -2.38. The van der Waals surface area contributed by atoms with Gasteiger partial charge in [0.2, 0.25) is 5.95 Å². The molecule has 3 heterocycles. The third-order valence-corrected chi connectivity index (χ3v) is 5.86. The average Bonchev–Trinajstić information content (AvgIpc) is 3.01. The van der Waals surface area contributed by atoms with Crippen molar-refractivity contribution in [2.45, 2.75) is 26.8 Å². The minimum Gasteiger partial charge on any atom is -0.338 e. The molecule has 4 rings (SSSR count). The van der Waals surface area contributed by atoms with Crippen LogP contribution in [0, 0.1) is 13.8 Å². The van der Waals surface area contributed by atoms with Crippen molar-refractivity contribution < 1.29 is 0 Å². The monoisotopic (exact) mass is 353 g/mol. The number of aryl methyl sites for hydroxylation is 2. The molecule has 1 saturated heterocycles. The van der Waals surface area contributed by atoms with Crippen LogP contribution in [0.2, 0.25) is 0 Å². The lowest BCUT2D eigenvalue weighted by Crippen LogP contribution is -2.47. The van der Waals surface area contributed by atoms with Crippen LogP contribution < -0.4 is 4.90 Å². The minimum atomic E-state index is 0.396. The molecule has 1 aliphatic heterocycles. The first-order valence-corrected chi connectivity index (χ1v) is 9.56. The summed E-state index contributed by atoms with van der Waals surface area (Å²) in [6.45, 7) is 10.3. The van der Waals surface area contributed by atoms with Gasteiger partial charge in [0.25, 0.3) is 0 Å². The molecule has 1 aliphatic rings. The van der Waals surface area contributed by atoms with Crippen LogP contribution in [-0.4, -0.2) is 46.0 Å². The first-order valence-electron chi connectivity index (χ1n) is 8.75. The Morgan fingerprint density at radius 3 is 2.48 bits per heavy atom. The highest BCUT2D eigenvalue weighted by molar-refractivity contribution is 7.18. The highest BCUT2D eigenvalue weighted by atomic mass is 32.1. The van der Waals surface area contributed by atoms with E-state index in [1.54, 1.807) is 11.3 Å². The van der Waals surface area contributed by atoms with Crippen LogP contribution in [0.15, 0.2) is 30.6 Å². The first kappa shape index (κ1) is 16.4. The summed E-state index contributed by atoms with van der Waals surface area (Å²) in [6.07, 6.45) is 3.78. The quantitative estimate of drug-likeness (QED) is 0.720. The van der Waals surface area contributed by atoms with Crippen LogP contribution in [0.3, 0.4) is 0 Å². The maximum Gasteiger partial charge on any atom is 0.225 e. The van der Waals surface area contributed by atoms with Crippen LogP contribution in [0.25, 0.3) is 10.2 Å². The van der Waals surface area contributed by atoms with E-state index >= 15 is 0 Å². The lowest BCUT2D eigenvalue weighted by atomic mass is 10.1. The minimum absolute atomic E-state index is 0.396. The standard InChI is InChI=1S/C19H23N5S/c1-13-11-20-19(21-12-13)24-8-6-23(7-9-24)14(2)16-4-5-18-17(10-16)22-15(3)25-18/h4-5,10-12,14H,6-9H2,1-3H3. The average molecular weight is 353 g/mol. The van der Waals surface area contributed by atoms with E-state index in [4.69, 9.17) is 0 Å². The predicted molar refractivity (Wildman–Crippen MR) is 103 cm³/mol. The van der Waals surface area contributed by atoms with Crippen molar-refractivity contribution >= 4 is 27.5 Å². The maximum absolute atomic E-state index is 4.64. The number of benzene rings is 1. The van der Waals surface area contributed by atoms with Crippen molar-refractivity contribution in [2.75, 3.05) is 31.1 Å². The first-order chi connectivity index (χ1) is 12.1. The summed E-state index contributed by atoms with van der Waals surface area (Å²) in [6, 6.07) is 7.11. The van der Waals surface area contributed by atoms with Crippen molar-refractivity contribution in [1.82, 2.24) is 19.9 Å². The molecule has 1 atom stereocenters. The highest BCUT2D eigenvalue weighted by Gasteiger charge is 2.23. The molecule has 0 bridgehead atoms. The maximum atomic E-state index is 4.64. The second-order valence-electron chi connectivity index (χ2n) is 6.72. The van der Waals surface area contributed by atoms with Gasteiger partial charge < -0.3 is 4.90 Å². The van der Waals surface area contributed by atoms with E-state index in [-0.39, 0.29) is 0 Å². The summed E-state index contributed by atoms with van der Waals surface area (Å²) in [5.41, 5.74) is 3.57. The summed E-state index contributed by atoms with van der Waals surface area (Å²) in [4.78, 5) is 18.4. The fraction of sp³-hybridized carbons (Fsp3) is 0.421. The van der Waals surface area contributed by atoms with E-state index in [2.05, 4.69) is 56.8 Å². The number of thiazole rings is 1. The summed E-state index contributed by atoms with van der Waals surface area (Å²) in [7, 11) is 0. The molecule has 5 nitrogen and oxygen atoms in total. The van der Waals surface area contributed by atoms with Crippen LogP contribution in [0.5, 0.6) is 0 Å². The van der Waals surface area contributed by atoms with E-state index in [9.17, 15) is 0 Å². The largest absolute Gasteiger partial charge is 0.338 e. The van der Waals surface area contributed by atoms with E-state index in [1.165, 1.54) is 10.3 Å². The number of nitrogens with zero attached hydrogens (tertiary/aromatic N) is 5. The molecule has 1 aromatic carbocycles. The zero-order chi connectivity index (χ0) is 17.4. The molecule has 0 radical (unpaired) electrons. The fourth-order valence-electron chi connectivity index (χ4n) is 3.39. The predicted octanol–water partition coefficient (Wildman–Crippen LogP) is 3.59. The summed E-state index contributed by atoms with van der Waals surface area (Å²) in [5.74, 6) is 0.845. The number of fused-ring (bicyclic) bond motifs is 1. The van der Waals surface area contributed by atoms with Crippen molar-refractivity contribution in [1.29, 1.82) is 0 Å². The fourth-order valence-corrected chi connectivity index (χ4v) is 4.20. The van der Waals surface area contributed by atoms with Gasteiger partial charge in [0.05, 0.1) is 15.2 Å². The molecular weight excluding hydrogens is 330 g/mol. The smallest absolute Gasteiger partial charge is 0.225 e. The number of anilines is 1. The molecule has 0 saturated carbocycles. The van der Waals surface area contributed by atoms with E-state index in [0.717, 1.165) is 48.2 Å². The van der Waals surface area contributed by atoms with Crippen LogP contribution in [0.1, 0.15) is 29.1 Å². The van der Waals surface area contributed by atoms with E-state index < -0.39 is 0 Å². The summed E-state index contributed by atoms with van der Waals surface area (Å²) < 4.78 is 1.27. The Labute approximate surface area is 152 Å². The molecule has 0 aliphatic carbocycles. The van der Waals surface area contributed by atoms with Gasteiger partial charge in [-0.1, -0.05) is 6.07 Å². The third-order valence-electron chi connectivity index (χ3n) is 4.91. The molecule has 25 heavy (non-hydrogen) atoms. The molecule has 1 fully saturated rings. The number of rotatable bonds is 3. The van der Waals surface area contributed by atoms with Gasteiger partial charge in [0.1, 0.15) is 0 Å². The van der Waals surface area contributed by atoms with Crippen molar-refractivity contribution in [3.8, 4) is 0 Å². The van der Waals surface area contributed by atoms with Crippen molar-refractivity contribution in [2.24, 2.45) is 0 Å². The topological polar surface area (TPSA) is 45.2 Å². The van der Waals surface area contributed by atoms with Crippen molar-refractivity contribution in [3.05, 3.63) is 46.7 Å². The molecule has 3 aromatic rings. The van der Waals surface area contributed by atoms with Gasteiger partial charge >= 0.3 is 0 Å². The van der Waals surface area contributed by atoms with Gasteiger partial charge in [0, 0.05) is 44.6 Å². The van der Waals surface area contributed by atoms with Crippen molar-refractivity contribution in [3.63, 3.8) is 0 Å². The number of hydrogen-bond donors (Lipinski definition) is 0. The Kier molecular flexibility index (Phi) is 4.39. The Balaban J connectivity index is 1.44. The zero-order valence-electron chi connectivity index (χ0n) is 14.9. The normalized spacial score (nSPS) is 17.2. The van der Waals surface area contributed by atoms with Gasteiger partial charge in [0.15, 0.2) is 0 Å². The van der Waals surface area contributed by atoms with E-state index in [0.29, 0.717) is 6.04 Å². The summed E-state index contributed by atoms with van der Waals surface area (Å²) in [5, 5.41) is 1.13. The lowest BCUT2D eigenvalue weighted by molar-refractivity contribution is 0.198. The highest BCUT2D eigenvalue weighted by Crippen LogP contribution is 2.28. The van der Waals surface area contributed by atoms with Crippen LogP contribution in [0.4, 0.5) is 5.95 Å². The van der Waals surface area contributed by atoms with Gasteiger partial charge in [-0.05, 0) is 44.0 Å². The molecule has 2 aromatic heterocycles. The van der Waals surface area contributed by atoms with Crippen LogP contribution >= 0.6 is 11.3 Å². The molecule has 1 unspecified atom stereocenters. The third kappa shape index (κ3) is 3.37. The second-order valence-corrected chi connectivity index (χ2v) is 7.95. The Morgan fingerprint density at radius 2 is 1.76 bits per heavy atom. The molecule has 0 amide bonds. The second kappa shape index (κ2) is 6.69. The molecule has 130 valence electrons. The number of aromatic nitrogens is 3. The number of hydrogen-bond acceptors (Lipinski definition) is 6. The van der Waals surface area contributed by atoms with Gasteiger partial charge in [-0.3, -0.25) is 4.90 Å². The molecular formula is C19H23N5S. The zero-order valence-corrected chi connectivity index (χ0v) is 15.8. The van der Waals surface area contributed by atoms with Gasteiger partial charge in [-0.2, -0.15) is 0 Å². The van der Waals surface area contributed by atoms with Gasteiger partial charge in [-0.25, -0.2) is 15.0 Å². The molecule has 0 N–H and O–H groups in total. The Hall–Kier alpha value is -2.05. The number of piperazine rings is 1. The van der Waals surface area contributed by atoms with Crippen LogP contribution in [-0.2, 0) is 0 Å². The van der Waals surface area contributed by atoms with Gasteiger partial charge in [-0.15, -0.1) is 11.3 Å². The Bertz CT molecular complexity index is 865. The SMILES string of the molecule is Cc1cnc(N2CCN(C(C)c3ccc4sc(C)nc4c3)CC2)nc1. The molecule has 6 heteroatoms. The molecule has 0 spiro atoms. The summed E-state index contributed by atoms with van der Waals surface area (Å²) >= 11 is 1.76. The Morgan fingerprint density at radius 1 is 1.04 bits per heavy atom.